The van der Waals surface area contributed by atoms with Crippen LogP contribution in [0.15, 0.2) is 27.5 Å². The van der Waals surface area contributed by atoms with E-state index in [1.165, 1.54) is 5.56 Å². The van der Waals surface area contributed by atoms with Gasteiger partial charge < -0.3 is 10.6 Å². The Kier molecular flexibility index (Phi) is 3.40. The molecular formula is C10H11BrN4S. The van der Waals surface area contributed by atoms with Crippen LogP contribution < -0.4 is 10.6 Å². The molecule has 2 rings (SSSR count). The van der Waals surface area contributed by atoms with E-state index in [0.29, 0.717) is 11.8 Å². The highest BCUT2D eigenvalue weighted by Gasteiger charge is 2.06. The zero-order valence-corrected chi connectivity index (χ0v) is 11.1. The van der Waals surface area contributed by atoms with Gasteiger partial charge in [-0.15, -0.1) is 11.3 Å². The number of aromatic nitrogens is 2. The molecule has 0 amide bonds. The Morgan fingerprint density at radius 2 is 2.38 bits per heavy atom. The summed E-state index contributed by atoms with van der Waals surface area (Å²) in [6.45, 7) is 0.769. The number of nitrogens with two attached hydrogens (primary N) is 1. The fraction of sp³-hybridized carbons (Fsp3) is 0.200. The van der Waals surface area contributed by atoms with Crippen LogP contribution in [0.1, 0.15) is 5.56 Å². The molecule has 2 heterocycles. The lowest BCUT2D eigenvalue weighted by molar-refractivity contribution is 0.871. The largest absolute Gasteiger partial charge is 0.384 e. The van der Waals surface area contributed by atoms with E-state index in [1.807, 2.05) is 11.9 Å². The summed E-state index contributed by atoms with van der Waals surface area (Å²) in [4.78, 5) is 10.3. The van der Waals surface area contributed by atoms with Crippen molar-refractivity contribution in [2.24, 2.45) is 0 Å². The first-order chi connectivity index (χ1) is 7.65. The predicted molar refractivity (Wildman–Crippen MR) is 70.6 cm³/mol. The van der Waals surface area contributed by atoms with Crippen molar-refractivity contribution in [2.75, 3.05) is 17.7 Å². The molecule has 0 radical (unpaired) electrons. The quantitative estimate of drug-likeness (QED) is 0.946. The third kappa shape index (κ3) is 2.70. The van der Waals surface area contributed by atoms with Gasteiger partial charge in [0.2, 0.25) is 5.95 Å². The van der Waals surface area contributed by atoms with Gasteiger partial charge in [-0.2, -0.15) is 4.98 Å². The second-order valence-corrected chi connectivity index (χ2v) is 5.69. The van der Waals surface area contributed by atoms with E-state index in [1.54, 1.807) is 23.6 Å². The zero-order chi connectivity index (χ0) is 11.5. The summed E-state index contributed by atoms with van der Waals surface area (Å²) in [5.41, 5.74) is 6.84. The lowest BCUT2D eigenvalue weighted by Gasteiger charge is -2.15. The van der Waals surface area contributed by atoms with Crippen LogP contribution in [0.2, 0.25) is 0 Å². The normalized spacial score (nSPS) is 10.4. The van der Waals surface area contributed by atoms with Crippen LogP contribution in [0.4, 0.5) is 11.8 Å². The maximum absolute atomic E-state index is 5.61. The predicted octanol–water partition coefficient (Wildman–Crippen LogP) is 2.52. The molecule has 6 heteroatoms. The molecular weight excluding hydrogens is 288 g/mol. The van der Waals surface area contributed by atoms with E-state index in [2.05, 4.69) is 37.3 Å². The van der Waals surface area contributed by atoms with Crippen LogP contribution in [0.3, 0.4) is 0 Å². The number of hydrogen-bond acceptors (Lipinski definition) is 5. The Morgan fingerprint density at radius 3 is 3.00 bits per heavy atom. The highest BCUT2D eigenvalue weighted by atomic mass is 79.9. The molecule has 0 spiro atoms. The first kappa shape index (κ1) is 11.3. The Morgan fingerprint density at radius 1 is 1.56 bits per heavy atom. The number of nitrogens with zero attached hydrogens (tertiary/aromatic N) is 3. The molecule has 0 saturated heterocycles. The van der Waals surface area contributed by atoms with Crippen LogP contribution in [-0.4, -0.2) is 17.0 Å². The van der Waals surface area contributed by atoms with Crippen molar-refractivity contribution in [1.82, 2.24) is 9.97 Å². The smallest absolute Gasteiger partial charge is 0.227 e. The molecule has 84 valence electrons. The van der Waals surface area contributed by atoms with Gasteiger partial charge in [0.1, 0.15) is 5.82 Å². The van der Waals surface area contributed by atoms with Crippen LogP contribution in [-0.2, 0) is 6.54 Å². The van der Waals surface area contributed by atoms with Gasteiger partial charge in [0.25, 0.3) is 0 Å². The Labute approximate surface area is 106 Å². The van der Waals surface area contributed by atoms with E-state index in [9.17, 15) is 0 Å². The van der Waals surface area contributed by atoms with Crippen molar-refractivity contribution >= 4 is 39.0 Å². The third-order valence-electron chi connectivity index (χ3n) is 2.05. The first-order valence-corrected chi connectivity index (χ1v) is 6.35. The molecule has 0 aliphatic rings. The topological polar surface area (TPSA) is 55.0 Å². The maximum Gasteiger partial charge on any atom is 0.227 e. The molecule has 0 saturated carbocycles. The minimum Gasteiger partial charge on any atom is -0.384 e. The van der Waals surface area contributed by atoms with Gasteiger partial charge >= 0.3 is 0 Å². The van der Waals surface area contributed by atoms with E-state index in [-0.39, 0.29) is 0 Å². The van der Waals surface area contributed by atoms with Gasteiger partial charge in [-0.3, -0.25) is 0 Å². The minimum absolute atomic E-state index is 0.489. The van der Waals surface area contributed by atoms with Crippen LogP contribution in [0.25, 0.3) is 0 Å². The van der Waals surface area contributed by atoms with Crippen molar-refractivity contribution in [2.45, 2.75) is 6.54 Å². The summed E-state index contributed by atoms with van der Waals surface area (Å²) in [6.07, 6.45) is 1.66. The molecule has 0 bridgehead atoms. The van der Waals surface area contributed by atoms with Crippen LogP contribution in [0.5, 0.6) is 0 Å². The third-order valence-corrected chi connectivity index (χ3v) is 3.60. The van der Waals surface area contributed by atoms with Crippen molar-refractivity contribution in [3.63, 3.8) is 0 Å². The highest BCUT2D eigenvalue weighted by Crippen LogP contribution is 2.22. The van der Waals surface area contributed by atoms with E-state index in [0.717, 1.165) is 10.3 Å². The molecule has 2 aromatic rings. The average Bonchev–Trinajstić information content (AvgIpc) is 2.64. The fourth-order valence-electron chi connectivity index (χ4n) is 1.32. The van der Waals surface area contributed by atoms with Gasteiger partial charge in [-0.1, -0.05) is 0 Å². The Balaban J connectivity index is 2.11. The van der Waals surface area contributed by atoms with Crippen molar-refractivity contribution in [1.29, 1.82) is 0 Å². The Hall–Kier alpha value is -1.14. The van der Waals surface area contributed by atoms with E-state index < -0.39 is 0 Å². The summed E-state index contributed by atoms with van der Waals surface area (Å²) in [5, 5.41) is 2.10. The molecule has 0 aliphatic heterocycles. The van der Waals surface area contributed by atoms with Crippen LogP contribution >= 0.6 is 27.3 Å². The number of halogens is 1. The number of thiophene rings is 1. The maximum atomic E-state index is 5.61. The molecule has 0 aliphatic carbocycles. The second-order valence-electron chi connectivity index (χ2n) is 3.40. The number of nitrogen functional groups attached to an aromatic ring is 1. The number of hydrogen-bond donors (Lipinski definition) is 1. The summed E-state index contributed by atoms with van der Waals surface area (Å²) < 4.78 is 1.13. The molecule has 2 aromatic heterocycles. The summed E-state index contributed by atoms with van der Waals surface area (Å²) in [7, 11) is 1.94. The first-order valence-electron chi connectivity index (χ1n) is 4.68. The van der Waals surface area contributed by atoms with Crippen molar-refractivity contribution in [3.05, 3.63) is 33.1 Å². The molecule has 0 unspecified atom stereocenters. The van der Waals surface area contributed by atoms with E-state index in [4.69, 9.17) is 5.73 Å². The fourth-order valence-corrected chi connectivity index (χ4v) is 2.52. The van der Waals surface area contributed by atoms with Gasteiger partial charge in [0, 0.05) is 19.8 Å². The van der Waals surface area contributed by atoms with E-state index >= 15 is 0 Å². The lowest BCUT2D eigenvalue weighted by atomic mass is 10.3. The molecule has 4 nitrogen and oxygen atoms in total. The summed E-state index contributed by atoms with van der Waals surface area (Å²) in [5.74, 6) is 1.13. The lowest BCUT2D eigenvalue weighted by Crippen LogP contribution is -2.19. The minimum atomic E-state index is 0.489. The van der Waals surface area contributed by atoms with Crippen molar-refractivity contribution in [3.8, 4) is 0 Å². The highest BCUT2D eigenvalue weighted by molar-refractivity contribution is 9.11. The van der Waals surface area contributed by atoms with Crippen LogP contribution in [0, 0.1) is 0 Å². The Bertz CT molecular complexity index is 485. The summed E-state index contributed by atoms with van der Waals surface area (Å²) in [6, 6.07) is 3.77. The molecule has 0 atom stereocenters. The standard InChI is InChI=1S/C10H11BrN4S/c1-15(5-7-4-8(11)16-6-7)10-13-3-2-9(12)14-10/h2-4,6H,5H2,1H3,(H2,12,13,14). The molecule has 0 fully saturated rings. The van der Waals surface area contributed by atoms with Gasteiger partial charge in [-0.25, -0.2) is 4.98 Å². The van der Waals surface area contributed by atoms with Gasteiger partial charge in [0.15, 0.2) is 0 Å². The van der Waals surface area contributed by atoms with Gasteiger partial charge in [0.05, 0.1) is 3.79 Å². The average molecular weight is 299 g/mol. The van der Waals surface area contributed by atoms with Crippen molar-refractivity contribution < 1.29 is 0 Å². The summed E-state index contributed by atoms with van der Waals surface area (Å²) >= 11 is 5.11. The SMILES string of the molecule is CN(Cc1csc(Br)c1)c1nccc(N)n1. The monoisotopic (exact) mass is 298 g/mol. The second kappa shape index (κ2) is 4.80. The number of anilines is 2. The number of rotatable bonds is 3. The molecule has 16 heavy (non-hydrogen) atoms. The molecule has 0 aromatic carbocycles. The molecule has 2 N–H and O–H groups in total. The van der Waals surface area contributed by atoms with Gasteiger partial charge in [-0.05, 0) is 39.0 Å². The zero-order valence-electron chi connectivity index (χ0n) is 8.72.